The Morgan fingerprint density at radius 1 is 0.979 bits per heavy atom. The predicted octanol–water partition coefficient (Wildman–Crippen LogP) is 5.84. The molecule has 0 spiro atoms. The highest BCUT2D eigenvalue weighted by Crippen LogP contribution is 2.38. The standard InChI is InChI=1S/C29H26FN3O3.C7H8O3S/c30-20-6-7-24-25(23-4-2-1-3-19(23)16-36-28(24)13-20)11-18-5-8-27-26(12-18)31-29(34)33(27)21-14-22-17-35-10-9-32(22)15-21;1-6-2-4-7(5-3-6)11(8,9)10/h1-8,11-13,21-22H,9-10,14-17H2,(H,31,34);2-5H,1H3,(H,8,9,10)/b25-11+;/t21-,22-;/m1./s1. The molecule has 1 aromatic heterocycles. The number of hydrogen-bond donors (Lipinski definition) is 2. The van der Waals surface area contributed by atoms with Gasteiger partial charge in [-0.2, -0.15) is 8.42 Å². The fraction of sp³-hybridized carbons (Fsp3) is 0.250. The molecule has 4 heterocycles. The molecular formula is C36H34FN3O6S. The molecule has 2 N–H and O–H groups in total. The Balaban J connectivity index is 0.000000273. The van der Waals surface area contributed by atoms with Gasteiger partial charge >= 0.3 is 5.69 Å². The van der Waals surface area contributed by atoms with Crippen molar-refractivity contribution in [2.45, 2.75) is 36.9 Å². The minimum atomic E-state index is -4.02. The third kappa shape index (κ3) is 6.39. The summed E-state index contributed by atoms with van der Waals surface area (Å²) in [5, 5.41) is 0. The average molecular weight is 656 g/mol. The molecule has 5 aromatic rings. The Labute approximate surface area is 271 Å². The van der Waals surface area contributed by atoms with E-state index in [1.807, 2.05) is 47.9 Å². The van der Waals surface area contributed by atoms with Crippen molar-refractivity contribution in [2.24, 2.45) is 0 Å². The van der Waals surface area contributed by atoms with E-state index < -0.39 is 10.1 Å². The van der Waals surface area contributed by atoms with E-state index in [0.717, 1.165) is 77.1 Å². The first kappa shape index (κ1) is 31.1. The van der Waals surface area contributed by atoms with Crippen molar-refractivity contribution in [1.82, 2.24) is 14.5 Å². The van der Waals surface area contributed by atoms with Crippen LogP contribution >= 0.6 is 0 Å². The van der Waals surface area contributed by atoms with E-state index in [1.165, 1.54) is 24.3 Å². The molecule has 8 rings (SSSR count). The number of benzene rings is 4. The number of rotatable bonds is 3. The van der Waals surface area contributed by atoms with E-state index in [-0.39, 0.29) is 22.4 Å². The van der Waals surface area contributed by atoms with Gasteiger partial charge in [-0.3, -0.25) is 14.0 Å². The van der Waals surface area contributed by atoms with Crippen molar-refractivity contribution in [3.8, 4) is 5.75 Å². The normalized spacial score (nSPS) is 20.0. The van der Waals surface area contributed by atoms with Crippen LogP contribution in [0.25, 0.3) is 22.7 Å². The first-order chi connectivity index (χ1) is 22.6. The van der Waals surface area contributed by atoms with Gasteiger partial charge < -0.3 is 14.5 Å². The van der Waals surface area contributed by atoms with Gasteiger partial charge in [-0.1, -0.05) is 48.0 Å². The van der Waals surface area contributed by atoms with Gasteiger partial charge in [-0.05, 0) is 78.1 Å². The lowest BCUT2D eigenvalue weighted by Crippen LogP contribution is -2.40. The summed E-state index contributed by atoms with van der Waals surface area (Å²) in [6.07, 6.45) is 3.01. The van der Waals surface area contributed by atoms with Gasteiger partial charge in [0.1, 0.15) is 18.2 Å². The monoisotopic (exact) mass is 655 g/mol. The van der Waals surface area contributed by atoms with E-state index in [1.54, 1.807) is 18.2 Å². The highest BCUT2D eigenvalue weighted by Gasteiger charge is 2.36. The first-order valence-electron chi connectivity index (χ1n) is 15.5. The van der Waals surface area contributed by atoms with Crippen LogP contribution in [0.4, 0.5) is 4.39 Å². The smallest absolute Gasteiger partial charge is 0.326 e. The van der Waals surface area contributed by atoms with Crippen LogP contribution in [0.5, 0.6) is 5.75 Å². The second-order valence-corrected chi connectivity index (χ2v) is 13.5. The maximum Gasteiger partial charge on any atom is 0.326 e. The first-order valence-corrected chi connectivity index (χ1v) is 16.9. The van der Waals surface area contributed by atoms with E-state index >= 15 is 0 Å². The number of morpholine rings is 1. The lowest BCUT2D eigenvalue weighted by molar-refractivity contribution is 0.0128. The van der Waals surface area contributed by atoms with Crippen molar-refractivity contribution in [3.05, 3.63) is 129 Å². The Kier molecular flexibility index (Phi) is 8.31. The Bertz CT molecular complexity index is 2140. The number of nitrogens with one attached hydrogen (secondary N) is 1. The van der Waals surface area contributed by atoms with Gasteiger partial charge in [-0.25, -0.2) is 9.18 Å². The Morgan fingerprint density at radius 3 is 2.57 bits per heavy atom. The molecule has 3 aliphatic rings. The number of hydrogen-bond acceptors (Lipinski definition) is 6. The highest BCUT2D eigenvalue weighted by molar-refractivity contribution is 7.85. The third-order valence-corrected chi connectivity index (χ3v) is 9.87. The molecule has 0 amide bonds. The second-order valence-electron chi connectivity index (χ2n) is 12.1. The lowest BCUT2D eigenvalue weighted by atomic mass is 9.92. The molecule has 3 aliphatic heterocycles. The van der Waals surface area contributed by atoms with E-state index in [4.69, 9.17) is 14.0 Å². The molecular weight excluding hydrogens is 621 g/mol. The lowest BCUT2D eigenvalue weighted by Gasteiger charge is -2.28. The second kappa shape index (κ2) is 12.6. The van der Waals surface area contributed by atoms with Crippen molar-refractivity contribution >= 4 is 32.8 Å². The molecule has 242 valence electrons. The quantitative estimate of drug-likeness (QED) is 0.235. The molecule has 11 heteroatoms. The molecule has 0 bridgehead atoms. The molecule has 47 heavy (non-hydrogen) atoms. The molecule has 9 nitrogen and oxygen atoms in total. The van der Waals surface area contributed by atoms with E-state index in [2.05, 4.69) is 22.0 Å². The Hall–Kier alpha value is -4.55. The summed E-state index contributed by atoms with van der Waals surface area (Å²) in [6.45, 7) is 5.51. The zero-order valence-electron chi connectivity index (χ0n) is 25.7. The summed E-state index contributed by atoms with van der Waals surface area (Å²) in [5.41, 5.74) is 7.47. The van der Waals surface area contributed by atoms with Crippen LogP contribution < -0.4 is 10.4 Å². The van der Waals surface area contributed by atoms with E-state index in [0.29, 0.717) is 18.4 Å². The van der Waals surface area contributed by atoms with Gasteiger partial charge in [0.05, 0.1) is 35.2 Å². The summed E-state index contributed by atoms with van der Waals surface area (Å²) >= 11 is 0. The van der Waals surface area contributed by atoms with Crippen LogP contribution in [-0.2, 0) is 21.5 Å². The summed E-state index contributed by atoms with van der Waals surface area (Å²) in [6, 6.07) is 25.4. The SMILES string of the molecule is Cc1ccc(S(=O)(=O)O)cc1.O=c1[nH]c2cc(/C=C3\c4ccccc4COc4cc(F)ccc43)ccc2n1[C@@H]1C[C@@H]2COCCN2C1. The fourth-order valence-corrected chi connectivity index (χ4v) is 7.15. The van der Waals surface area contributed by atoms with Crippen LogP contribution in [-0.4, -0.2) is 59.8 Å². The van der Waals surface area contributed by atoms with Crippen molar-refractivity contribution in [3.63, 3.8) is 0 Å². The van der Waals surface area contributed by atoms with Crippen LogP contribution in [0.2, 0.25) is 0 Å². The molecule has 0 aliphatic carbocycles. The minimum Gasteiger partial charge on any atom is -0.488 e. The number of ether oxygens (including phenoxy) is 2. The third-order valence-electron chi connectivity index (χ3n) is 9.00. The molecule has 2 atom stereocenters. The molecule has 2 saturated heterocycles. The van der Waals surface area contributed by atoms with Crippen LogP contribution in [0.3, 0.4) is 0 Å². The van der Waals surface area contributed by atoms with Crippen LogP contribution in [0.15, 0.2) is 94.6 Å². The molecule has 4 aromatic carbocycles. The molecule has 0 unspecified atom stereocenters. The van der Waals surface area contributed by atoms with Gasteiger partial charge in [0.2, 0.25) is 0 Å². The maximum absolute atomic E-state index is 14.0. The van der Waals surface area contributed by atoms with Crippen molar-refractivity contribution < 1.29 is 26.8 Å². The average Bonchev–Trinajstić information content (AvgIpc) is 3.58. The summed E-state index contributed by atoms with van der Waals surface area (Å²) < 4.78 is 57.1. The van der Waals surface area contributed by atoms with E-state index in [9.17, 15) is 17.6 Å². The zero-order chi connectivity index (χ0) is 32.7. The molecule has 0 saturated carbocycles. The number of halogens is 1. The Morgan fingerprint density at radius 2 is 1.79 bits per heavy atom. The number of aromatic nitrogens is 2. The summed E-state index contributed by atoms with van der Waals surface area (Å²) in [5.74, 6) is 0.203. The summed E-state index contributed by atoms with van der Waals surface area (Å²) in [4.78, 5) is 18.5. The number of nitrogens with zero attached hydrogens (tertiary/aromatic N) is 2. The predicted molar refractivity (Wildman–Crippen MR) is 178 cm³/mol. The fourth-order valence-electron chi connectivity index (χ4n) is 6.67. The maximum atomic E-state index is 14.0. The van der Waals surface area contributed by atoms with Crippen LogP contribution in [0.1, 0.15) is 40.3 Å². The van der Waals surface area contributed by atoms with Gasteiger partial charge in [0.25, 0.3) is 10.1 Å². The van der Waals surface area contributed by atoms with Crippen LogP contribution in [0, 0.1) is 12.7 Å². The van der Waals surface area contributed by atoms with Gasteiger partial charge in [0, 0.05) is 30.8 Å². The number of H-pyrrole nitrogens is 1. The largest absolute Gasteiger partial charge is 0.488 e. The highest BCUT2D eigenvalue weighted by atomic mass is 32.2. The van der Waals surface area contributed by atoms with Crippen molar-refractivity contribution in [2.75, 3.05) is 26.3 Å². The topological polar surface area (TPSA) is 114 Å². The number of imidazole rings is 1. The summed E-state index contributed by atoms with van der Waals surface area (Å²) in [7, 11) is -4.02. The van der Waals surface area contributed by atoms with Gasteiger partial charge in [0.15, 0.2) is 0 Å². The molecule has 0 radical (unpaired) electrons. The zero-order valence-corrected chi connectivity index (χ0v) is 26.5. The molecule has 2 fully saturated rings. The number of aryl methyl sites for hydroxylation is 1. The van der Waals surface area contributed by atoms with Crippen molar-refractivity contribution in [1.29, 1.82) is 0 Å². The number of fused-ring (bicyclic) bond motifs is 4. The minimum absolute atomic E-state index is 0.0666. The number of aromatic amines is 1. The van der Waals surface area contributed by atoms with Gasteiger partial charge in [-0.15, -0.1) is 0 Å².